The quantitative estimate of drug-likeness (QED) is 0.805. The van der Waals surface area contributed by atoms with Gasteiger partial charge in [-0.1, -0.05) is 6.07 Å². The van der Waals surface area contributed by atoms with E-state index in [4.69, 9.17) is 9.47 Å². The number of carbonyl (C=O) groups is 1. The summed E-state index contributed by atoms with van der Waals surface area (Å²) in [5, 5.41) is 0. The molecule has 138 valence electrons. The Labute approximate surface area is 150 Å². The van der Waals surface area contributed by atoms with E-state index in [1.54, 1.807) is 7.05 Å². The van der Waals surface area contributed by atoms with Gasteiger partial charge in [-0.2, -0.15) is 0 Å². The lowest BCUT2D eigenvalue weighted by Crippen LogP contribution is -2.42. The van der Waals surface area contributed by atoms with Crippen LogP contribution < -0.4 is 20.7 Å². The largest absolute Gasteiger partial charge is 0.486 e. The molecule has 0 aliphatic carbocycles. The van der Waals surface area contributed by atoms with E-state index >= 15 is 0 Å². The predicted octanol–water partition coefficient (Wildman–Crippen LogP) is 0.688. The molecule has 1 aliphatic heterocycles. The van der Waals surface area contributed by atoms with Gasteiger partial charge in [0.05, 0.1) is 6.04 Å². The van der Waals surface area contributed by atoms with E-state index in [1.807, 2.05) is 25.1 Å². The Bertz CT molecular complexity index is 976. The van der Waals surface area contributed by atoms with Crippen molar-refractivity contribution < 1.29 is 14.3 Å². The summed E-state index contributed by atoms with van der Waals surface area (Å²) >= 11 is 0. The van der Waals surface area contributed by atoms with Crippen LogP contribution >= 0.6 is 0 Å². The monoisotopic (exact) mass is 359 g/mol. The van der Waals surface area contributed by atoms with Crippen molar-refractivity contribution in [3.05, 3.63) is 56.4 Å². The van der Waals surface area contributed by atoms with E-state index in [1.165, 1.54) is 29.6 Å². The fourth-order valence-electron chi connectivity index (χ4n) is 2.84. The number of benzene rings is 1. The average Bonchev–Trinajstić information content (AvgIpc) is 2.67. The molecule has 1 aromatic carbocycles. The summed E-state index contributed by atoms with van der Waals surface area (Å²) in [5.41, 5.74) is -0.151. The zero-order valence-corrected chi connectivity index (χ0v) is 15.2. The van der Waals surface area contributed by atoms with Crippen molar-refractivity contribution in [3.8, 4) is 11.5 Å². The molecule has 1 amide bonds. The molecule has 0 radical (unpaired) electrons. The van der Waals surface area contributed by atoms with Crippen LogP contribution in [0.15, 0.2) is 33.9 Å². The average molecular weight is 359 g/mol. The zero-order valence-electron chi connectivity index (χ0n) is 15.2. The van der Waals surface area contributed by atoms with E-state index < -0.39 is 17.2 Å². The smallest absolute Gasteiger partial charge is 0.331 e. The second-order valence-electron chi connectivity index (χ2n) is 6.26. The van der Waals surface area contributed by atoms with Crippen molar-refractivity contribution in [3.63, 3.8) is 0 Å². The van der Waals surface area contributed by atoms with Crippen LogP contribution in [0.3, 0.4) is 0 Å². The van der Waals surface area contributed by atoms with Crippen LogP contribution in [-0.4, -0.2) is 40.2 Å². The van der Waals surface area contributed by atoms with Crippen LogP contribution in [0.4, 0.5) is 0 Å². The molecule has 0 unspecified atom stereocenters. The van der Waals surface area contributed by atoms with Crippen LogP contribution in [0.25, 0.3) is 0 Å². The van der Waals surface area contributed by atoms with Crippen molar-refractivity contribution in [2.75, 3.05) is 20.3 Å². The van der Waals surface area contributed by atoms with Gasteiger partial charge in [-0.3, -0.25) is 18.7 Å². The minimum absolute atomic E-state index is 0.0463. The molecule has 1 aromatic heterocycles. The van der Waals surface area contributed by atoms with E-state index in [0.29, 0.717) is 24.7 Å². The minimum atomic E-state index is -0.541. The first-order chi connectivity index (χ1) is 12.3. The summed E-state index contributed by atoms with van der Waals surface area (Å²) in [4.78, 5) is 38.3. The fraction of sp³-hybridized carbons (Fsp3) is 0.389. The van der Waals surface area contributed by atoms with Crippen molar-refractivity contribution in [1.29, 1.82) is 0 Å². The van der Waals surface area contributed by atoms with Gasteiger partial charge in [0.15, 0.2) is 11.5 Å². The highest BCUT2D eigenvalue weighted by molar-refractivity contribution is 5.92. The molecular formula is C18H21N3O5. The lowest BCUT2D eigenvalue weighted by atomic mass is 10.1. The number of hydrogen-bond acceptors (Lipinski definition) is 5. The summed E-state index contributed by atoms with van der Waals surface area (Å²) < 4.78 is 13.2. The first-order valence-electron chi connectivity index (χ1n) is 8.25. The maximum atomic E-state index is 12.8. The molecule has 0 fully saturated rings. The summed E-state index contributed by atoms with van der Waals surface area (Å²) in [6.07, 6.45) is 0. The van der Waals surface area contributed by atoms with Crippen molar-refractivity contribution in [2.24, 2.45) is 14.1 Å². The summed E-state index contributed by atoms with van der Waals surface area (Å²) in [7, 11) is 4.48. The Morgan fingerprint density at radius 2 is 1.73 bits per heavy atom. The Balaban J connectivity index is 1.92. The maximum Gasteiger partial charge on any atom is 0.331 e. The number of fused-ring (bicyclic) bond motifs is 1. The number of rotatable bonds is 3. The maximum absolute atomic E-state index is 12.8. The SMILES string of the molecule is C[C@@H](c1ccc2c(c1)OCCO2)N(C)C(=O)c1cc(=O)n(C)c(=O)n1C. The third-order valence-corrected chi connectivity index (χ3v) is 4.70. The van der Waals surface area contributed by atoms with Gasteiger partial charge in [-0.15, -0.1) is 0 Å². The van der Waals surface area contributed by atoms with Gasteiger partial charge in [0.2, 0.25) is 0 Å². The Morgan fingerprint density at radius 1 is 1.08 bits per heavy atom. The summed E-state index contributed by atoms with van der Waals surface area (Å²) in [6.45, 7) is 2.86. The molecule has 26 heavy (non-hydrogen) atoms. The van der Waals surface area contributed by atoms with Gasteiger partial charge in [-0.25, -0.2) is 4.79 Å². The van der Waals surface area contributed by atoms with Gasteiger partial charge < -0.3 is 14.4 Å². The normalized spacial score (nSPS) is 14.0. The van der Waals surface area contributed by atoms with Crippen molar-refractivity contribution >= 4 is 5.91 Å². The zero-order chi connectivity index (χ0) is 19.0. The van der Waals surface area contributed by atoms with Crippen molar-refractivity contribution in [1.82, 2.24) is 14.0 Å². The van der Waals surface area contributed by atoms with Gasteiger partial charge in [0.1, 0.15) is 18.9 Å². The van der Waals surface area contributed by atoms with E-state index in [2.05, 4.69) is 0 Å². The Kier molecular flexibility index (Phi) is 4.58. The third-order valence-electron chi connectivity index (χ3n) is 4.70. The van der Waals surface area contributed by atoms with Gasteiger partial charge in [-0.05, 0) is 24.6 Å². The molecule has 3 rings (SSSR count). The van der Waals surface area contributed by atoms with Crippen molar-refractivity contribution in [2.45, 2.75) is 13.0 Å². The minimum Gasteiger partial charge on any atom is -0.486 e. The topological polar surface area (TPSA) is 82.8 Å². The summed E-state index contributed by atoms with van der Waals surface area (Å²) in [5.74, 6) is 0.905. The molecule has 8 heteroatoms. The number of carbonyl (C=O) groups excluding carboxylic acids is 1. The molecule has 0 spiro atoms. The lowest BCUT2D eigenvalue weighted by Gasteiger charge is -2.27. The number of aromatic nitrogens is 2. The number of nitrogens with zero attached hydrogens (tertiary/aromatic N) is 3. The second kappa shape index (κ2) is 6.70. The summed E-state index contributed by atoms with van der Waals surface area (Å²) in [6, 6.07) is 6.40. The molecule has 0 bridgehead atoms. The lowest BCUT2D eigenvalue weighted by molar-refractivity contribution is 0.0730. The molecule has 2 heterocycles. The Hall–Kier alpha value is -3.03. The number of hydrogen-bond donors (Lipinski definition) is 0. The van der Waals surface area contributed by atoms with Crippen LogP contribution in [0.1, 0.15) is 29.0 Å². The van der Waals surface area contributed by atoms with E-state index in [9.17, 15) is 14.4 Å². The molecule has 2 aromatic rings. The van der Waals surface area contributed by atoms with Gasteiger partial charge in [0.25, 0.3) is 11.5 Å². The van der Waals surface area contributed by atoms with Gasteiger partial charge >= 0.3 is 5.69 Å². The molecule has 0 saturated heterocycles. The van der Waals surface area contributed by atoms with Crippen LogP contribution in [0, 0.1) is 0 Å². The molecule has 8 nitrogen and oxygen atoms in total. The molecular weight excluding hydrogens is 338 g/mol. The first-order valence-corrected chi connectivity index (χ1v) is 8.25. The highest BCUT2D eigenvalue weighted by atomic mass is 16.6. The number of amides is 1. The second-order valence-corrected chi connectivity index (χ2v) is 6.26. The van der Waals surface area contributed by atoms with Crippen LogP contribution in [0.5, 0.6) is 11.5 Å². The van der Waals surface area contributed by atoms with Gasteiger partial charge in [0, 0.05) is 27.2 Å². The Morgan fingerprint density at radius 3 is 2.42 bits per heavy atom. The number of ether oxygens (including phenoxy) is 2. The van der Waals surface area contributed by atoms with Crippen LogP contribution in [-0.2, 0) is 14.1 Å². The first kappa shape index (κ1) is 17.8. The highest BCUT2D eigenvalue weighted by Gasteiger charge is 2.24. The highest BCUT2D eigenvalue weighted by Crippen LogP contribution is 2.33. The predicted molar refractivity (Wildman–Crippen MR) is 94.9 cm³/mol. The third kappa shape index (κ3) is 2.98. The molecule has 0 N–H and O–H groups in total. The van der Waals surface area contributed by atoms with E-state index in [-0.39, 0.29) is 11.7 Å². The molecule has 0 saturated carbocycles. The van der Waals surface area contributed by atoms with E-state index in [0.717, 1.165) is 10.1 Å². The molecule has 1 atom stereocenters. The molecule has 1 aliphatic rings. The fourth-order valence-corrected chi connectivity index (χ4v) is 2.84. The standard InChI is InChI=1S/C18H21N3O5/c1-11(12-5-6-14-15(9-12)26-8-7-25-14)19(2)17(23)13-10-16(22)21(4)18(24)20(13)3/h5-6,9-11H,7-8H2,1-4H3/t11-/m0/s1. The van der Waals surface area contributed by atoms with Crippen LogP contribution in [0.2, 0.25) is 0 Å².